The number of amides is 2. The Morgan fingerprint density at radius 3 is 2.48 bits per heavy atom. The van der Waals surface area contributed by atoms with Gasteiger partial charge in [-0.25, -0.2) is 14.6 Å². The molecule has 1 aromatic carbocycles. The number of carbonyl (C=O) groups excluding carboxylic acids is 2. The number of hydrogen-bond donors (Lipinski definition) is 0. The number of carbonyl (C=O) groups is 2. The molecule has 4 heterocycles. The van der Waals surface area contributed by atoms with E-state index in [0.29, 0.717) is 58.1 Å². The molecule has 42 heavy (non-hydrogen) atoms. The summed E-state index contributed by atoms with van der Waals surface area (Å²) in [4.78, 5) is 36.7. The quantitative estimate of drug-likeness (QED) is 0.500. The minimum absolute atomic E-state index is 0.212. The van der Waals surface area contributed by atoms with Crippen LogP contribution in [0.1, 0.15) is 70.0 Å². The van der Waals surface area contributed by atoms with E-state index < -0.39 is 11.2 Å². The van der Waals surface area contributed by atoms with E-state index in [2.05, 4.69) is 41.6 Å². The molecule has 2 aromatic rings. The number of aryl methyl sites for hydroxylation is 1. The van der Waals surface area contributed by atoms with Crippen molar-refractivity contribution in [1.29, 1.82) is 0 Å². The van der Waals surface area contributed by atoms with Gasteiger partial charge >= 0.3 is 12.2 Å². The van der Waals surface area contributed by atoms with E-state index >= 15 is 0 Å². The Hall–Kier alpha value is -3.27. The molecular formula is C32H45N5O5. The lowest BCUT2D eigenvalue weighted by Gasteiger charge is -2.44. The van der Waals surface area contributed by atoms with Crippen molar-refractivity contribution < 1.29 is 23.8 Å². The van der Waals surface area contributed by atoms with Crippen LogP contribution in [0.3, 0.4) is 0 Å². The number of benzene rings is 1. The molecule has 2 amide bonds. The van der Waals surface area contributed by atoms with Gasteiger partial charge in [0.15, 0.2) is 5.60 Å². The molecule has 0 bridgehead atoms. The summed E-state index contributed by atoms with van der Waals surface area (Å²) in [6.45, 7) is 13.1. The summed E-state index contributed by atoms with van der Waals surface area (Å²) in [6.07, 6.45) is 4.11. The zero-order chi connectivity index (χ0) is 29.6. The first kappa shape index (κ1) is 28.8. The molecule has 0 unspecified atom stereocenters. The van der Waals surface area contributed by atoms with Gasteiger partial charge in [0.1, 0.15) is 17.2 Å². The third-order valence-electron chi connectivity index (χ3n) is 8.89. The molecule has 228 valence electrons. The van der Waals surface area contributed by atoms with Crippen molar-refractivity contribution in [2.24, 2.45) is 13.0 Å². The fourth-order valence-corrected chi connectivity index (χ4v) is 6.36. The molecule has 3 aliphatic heterocycles. The molecule has 0 N–H and O–H groups in total. The molecule has 10 nitrogen and oxygen atoms in total. The second-order valence-corrected chi connectivity index (χ2v) is 13.5. The molecule has 1 saturated carbocycles. The van der Waals surface area contributed by atoms with Gasteiger partial charge in [0.25, 0.3) is 0 Å². The van der Waals surface area contributed by atoms with Crippen molar-refractivity contribution in [1.82, 2.24) is 24.3 Å². The lowest BCUT2D eigenvalue weighted by Crippen LogP contribution is -2.50. The van der Waals surface area contributed by atoms with E-state index in [-0.39, 0.29) is 12.2 Å². The van der Waals surface area contributed by atoms with Crippen LogP contribution in [0.2, 0.25) is 0 Å². The van der Waals surface area contributed by atoms with Crippen LogP contribution in [0.15, 0.2) is 18.2 Å². The number of aromatic nitrogens is 2. The Kier molecular flexibility index (Phi) is 7.62. The summed E-state index contributed by atoms with van der Waals surface area (Å²) in [5.41, 5.74) is 3.16. The SMILES string of the molecule is Cc1ccc2c(c1)OC1(CCN(C(=O)OCC3CC3)CC1)c1c-2nc(CN2CCCN(C(=O)OC(C)(C)C)CC2)n1C. The number of fused-ring (bicyclic) bond motifs is 4. The van der Waals surface area contributed by atoms with E-state index in [1.165, 1.54) is 0 Å². The number of ether oxygens (including phenoxy) is 3. The van der Waals surface area contributed by atoms with Gasteiger partial charge in [0.2, 0.25) is 0 Å². The Balaban J connectivity index is 1.21. The number of nitrogens with zero attached hydrogens (tertiary/aromatic N) is 5. The summed E-state index contributed by atoms with van der Waals surface area (Å²) in [7, 11) is 2.09. The fourth-order valence-electron chi connectivity index (χ4n) is 6.36. The van der Waals surface area contributed by atoms with Crippen LogP contribution < -0.4 is 4.74 Å². The van der Waals surface area contributed by atoms with E-state index in [1.54, 1.807) is 0 Å². The number of imidazole rings is 1. The van der Waals surface area contributed by atoms with Crippen molar-refractivity contribution in [3.63, 3.8) is 0 Å². The van der Waals surface area contributed by atoms with Gasteiger partial charge in [0.05, 0.1) is 24.5 Å². The maximum atomic E-state index is 12.8. The minimum Gasteiger partial charge on any atom is -0.480 e. The van der Waals surface area contributed by atoms with Crippen molar-refractivity contribution >= 4 is 12.2 Å². The van der Waals surface area contributed by atoms with Gasteiger partial charge < -0.3 is 28.6 Å². The van der Waals surface area contributed by atoms with Crippen LogP contribution >= 0.6 is 0 Å². The molecule has 3 fully saturated rings. The van der Waals surface area contributed by atoms with Gasteiger partial charge in [-0.1, -0.05) is 6.07 Å². The number of hydrogen-bond acceptors (Lipinski definition) is 7. The summed E-state index contributed by atoms with van der Waals surface area (Å²) in [5.74, 6) is 2.39. The maximum absolute atomic E-state index is 12.8. The monoisotopic (exact) mass is 579 g/mol. The second-order valence-electron chi connectivity index (χ2n) is 13.5. The zero-order valence-corrected chi connectivity index (χ0v) is 25.8. The molecule has 1 spiro atoms. The van der Waals surface area contributed by atoms with Gasteiger partial charge in [-0.05, 0) is 70.6 Å². The Morgan fingerprint density at radius 2 is 1.76 bits per heavy atom. The highest BCUT2D eigenvalue weighted by atomic mass is 16.6. The highest BCUT2D eigenvalue weighted by molar-refractivity contribution is 5.74. The van der Waals surface area contributed by atoms with Crippen LogP contribution in [-0.4, -0.2) is 87.9 Å². The van der Waals surface area contributed by atoms with Crippen LogP contribution in [0, 0.1) is 12.8 Å². The molecule has 0 atom stereocenters. The van der Waals surface area contributed by atoms with Crippen molar-refractivity contribution in [2.75, 3.05) is 45.9 Å². The van der Waals surface area contributed by atoms with E-state index in [1.807, 2.05) is 30.6 Å². The van der Waals surface area contributed by atoms with Crippen LogP contribution in [0.4, 0.5) is 9.59 Å². The molecule has 6 rings (SSSR count). The highest BCUT2D eigenvalue weighted by Gasteiger charge is 2.48. The van der Waals surface area contributed by atoms with Crippen molar-refractivity contribution in [3.8, 4) is 17.0 Å². The fraction of sp³-hybridized carbons (Fsp3) is 0.656. The predicted octanol–water partition coefficient (Wildman–Crippen LogP) is 5.07. The van der Waals surface area contributed by atoms with Gasteiger partial charge in [-0.15, -0.1) is 0 Å². The number of piperidine rings is 1. The molecule has 0 radical (unpaired) electrons. The lowest BCUT2D eigenvalue weighted by molar-refractivity contribution is -0.0112. The van der Waals surface area contributed by atoms with Crippen LogP contribution in [0.5, 0.6) is 5.75 Å². The van der Waals surface area contributed by atoms with Crippen LogP contribution in [-0.2, 0) is 28.7 Å². The molecule has 4 aliphatic rings. The zero-order valence-electron chi connectivity index (χ0n) is 25.8. The van der Waals surface area contributed by atoms with Gasteiger partial charge in [-0.3, -0.25) is 4.90 Å². The topological polar surface area (TPSA) is 89.4 Å². The first-order valence-corrected chi connectivity index (χ1v) is 15.5. The number of likely N-dealkylation sites (tertiary alicyclic amines) is 1. The summed E-state index contributed by atoms with van der Waals surface area (Å²) in [5, 5.41) is 0. The van der Waals surface area contributed by atoms with Gasteiger partial charge in [-0.2, -0.15) is 0 Å². The smallest absolute Gasteiger partial charge is 0.410 e. The van der Waals surface area contributed by atoms with Crippen LogP contribution in [0.25, 0.3) is 11.3 Å². The van der Waals surface area contributed by atoms with E-state index in [9.17, 15) is 9.59 Å². The Morgan fingerprint density at radius 1 is 1.02 bits per heavy atom. The van der Waals surface area contributed by atoms with E-state index in [0.717, 1.165) is 66.4 Å². The second kappa shape index (κ2) is 11.1. The molecule has 1 aliphatic carbocycles. The third kappa shape index (κ3) is 5.96. The Labute approximate surface area is 248 Å². The normalized spacial score (nSPS) is 20.4. The number of rotatable bonds is 4. The average Bonchev–Trinajstić information content (AvgIpc) is 3.73. The largest absolute Gasteiger partial charge is 0.480 e. The van der Waals surface area contributed by atoms with Crippen molar-refractivity contribution in [2.45, 2.75) is 77.5 Å². The van der Waals surface area contributed by atoms with Gasteiger partial charge in [0, 0.05) is 64.7 Å². The molecule has 1 aromatic heterocycles. The standard InChI is InChI=1S/C32H45N5O5/c1-22-7-10-24-25(19-22)41-32(11-15-37(16-12-32)29(38)40-21-23-8-9-23)28-27(24)33-26(34(28)5)20-35-13-6-14-36(18-17-35)30(39)42-31(2,3)4/h7,10,19,23H,6,8-9,11-18,20-21H2,1-5H3. The average molecular weight is 580 g/mol. The summed E-state index contributed by atoms with van der Waals surface area (Å²) >= 11 is 0. The third-order valence-corrected chi connectivity index (χ3v) is 8.89. The molecule has 2 saturated heterocycles. The lowest BCUT2D eigenvalue weighted by atomic mass is 9.83. The first-order valence-electron chi connectivity index (χ1n) is 15.5. The Bertz CT molecular complexity index is 1340. The van der Waals surface area contributed by atoms with E-state index in [4.69, 9.17) is 19.2 Å². The molecular weight excluding hydrogens is 534 g/mol. The summed E-state index contributed by atoms with van der Waals surface area (Å²) in [6, 6.07) is 6.32. The predicted molar refractivity (Wildman–Crippen MR) is 158 cm³/mol. The van der Waals surface area contributed by atoms with Crippen molar-refractivity contribution in [3.05, 3.63) is 35.3 Å². The maximum Gasteiger partial charge on any atom is 0.410 e. The molecule has 10 heteroatoms. The minimum atomic E-state index is -0.560. The summed E-state index contributed by atoms with van der Waals surface area (Å²) < 4.78 is 20.3. The first-order chi connectivity index (χ1) is 20.0. The highest BCUT2D eigenvalue weighted by Crippen LogP contribution is 2.50.